The molecule has 0 aromatic heterocycles. The van der Waals surface area contributed by atoms with E-state index < -0.39 is 11.4 Å². The second kappa shape index (κ2) is 4.49. The van der Waals surface area contributed by atoms with E-state index in [9.17, 15) is 4.55 Å². The maximum atomic E-state index is 11.1. The summed E-state index contributed by atoms with van der Waals surface area (Å²) in [6, 6.07) is 0. The fraction of sp³-hybridized carbons (Fsp3) is 1.00. The lowest BCUT2D eigenvalue weighted by molar-refractivity contribution is 0.227. The number of rotatable bonds is 2. The van der Waals surface area contributed by atoms with E-state index in [1.807, 2.05) is 0 Å². The molecule has 0 bridgehead atoms. The van der Waals surface area contributed by atoms with Crippen molar-refractivity contribution >= 4 is 11.4 Å². The summed E-state index contributed by atoms with van der Waals surface area (Å²) in [7, 11) is 0. The normalized spacial score (nSPS) is 24.8. The Bertz CT molecular complexity index is 114. The van der Waals surface area contributed by atoms with Crippen molar-refractivity contribution in [2.75, 3.05) is 19.3 Å². The van der Waals surface area contributed by atoms with Crippen molar-refractivity contribution in [3.05, 3.63) is 0 Å². The Morgan fingerprint density at radius 3 is 2.17 bits per heavy atom. The SMILES string of the molecule is CC(C)C1CCN([S+](C)[O-])CC1. The molecule has 12 heavy (non-hydrogen) atoms. The molecular formula is C9H19NOS. The van der Waals surface area contributed by atoms with Crippen molar-refractivity contribution in [2.24, 2.45) is 11.8 Å². The highest BCUT2D eigenvalue weighted by Gasteiger charge is 2.25. The van der Waals surface area contributed by atoms with Crippen LogP contribution in [0.25, 0.3) is 0 Å². The molecular weight excluding hydrogens is 170 g/mol. The Kier molecular flexibility index (Phi) is 3.87. The predicted molar refractivity (Wildman–Crippen MR) is 53.2 cm³/mol. The Hall–Kier alpha value is 0.270. The molecule has 1 rings (SSSR count). The molecule has 1 saturated heterocycles. The monoisotopic (exact) mass is 189 g/mol. The third-order valence-electron chi connectivity index (χ3n) is 2.80. The van der Waals surface area contributed by atoms with Gasteiger partial charge in [-0.05, 0) is 24.7 Å². The zero-order valence-electron chi connectivity index (χ0n) is 8.25. The molecule has 1 unspecified atom stereocenters. The second-order valence-corrected chi connectivity index (χ2v) is 5.30. The highest BCUT2D eigenvalue weighted by Crippen LogP contribution is 2.25. The fourth-order valence-electron chi connectivity index (χ4n) is 1.80. The first-order valence-corrected chi connectivity index (χ1v) is 6.21. The van der Waals surface area contributed by atoms with Crippen LogP contribution in [0.4, 0.5) is 0 Å². The lowest BCUT2D eigenvalue weighted by atomic mass is 9.87. The van der Waals surface area contributed by atoms with E-state index in [0.29, 0.717) is 0 Å². The van der Waals surface area contributed by atoms with Crippen molar-refractivity contribution in [2.45, 2.75) is 26.7 Å². The van der Waals surface area contributed by atoms with Crippen molar-refractivity contribution in [1.29, 1.82) is 0 Å². The first-order valence-electron chi connectivity index (χ1n) is 4.69. The van der Waals surface area contributed by atoms with Crippen LogP contribution in [0.3, 0.4) is 0 Å². The molecule has 0 radical (unpaired) electrons. The zero-order valence-corrected chi connectivity index (χ0v) is 9.06. The minimum absolute atomic E-state index is 0.747. The molecule has 0 aliphatic carbocycles. The number of nitrogens with zero attached hydrogens (tertiary/aromatic N) is 1. The molecule has 0 spiro atoms. The maximum absolute atomic E-state index is 11.1. The van der Waals surface area contributed by atoms with Gasteiger partial charge in [0.15, 0.2) is 0 Å². The summed E-state index contributed by atoms with van der Waals surface area (Å²) in [6.45, 7) is 6.60. The molecule has 0 saturated carbocycles. The molecule has 1 aliphatic heterocycles. The average molecular weight is 189 g/mol. The van der Waals surface area contributed by atoms with E-state index in [4.69, 9.17) is 0 Å². The van der Waals surface area contributed by atoms with Crippen LogP contribution in [0.15, 0.2) is 0 Å². The fourth-order valence-corrected chi connectivity index (χ4v) is 2.52. The summed E-state index contributed by atoms with van der Waals surface area (Å²) in [6.07, 6.45) is 4.21. The van der Waals surface area contributed by atoms with Crippen LogP contribution in [-0.2, 0) is 11.4 Å². The van der Waals surface area contributed by atoms with Gasteiger partial charge in [-0.2, -0.15) is 0 Å². The summed E-state index contributed by atoms with van der Waals surface area (Å²) in [4.78, 5) is 0. The molecule has 1 aliphatic rings. The highest BCUT2D eigenvalue weighted by molar-refractivity contribution is 7.88. The molecule has 0 aromatic carbocycles. The lowest BCUT2D eigenvalue weighted by Gasteiger charge is -2.32. The molecule has 0 aromatic rings. The smallest absolute Gasteiger partial charge is 0.115 e. The van der Waals surface area contributed by atoms with Gasteiger partial charge in [-0.3, -0.25) is 0 Å². The van der Waals surface area contributed by atoms with E-state index in [-0.39, 0.29) is 0 Å². The van der Waals surface area contributed by atoms with Crippen LogP contribution in [0.1, 0.15) is 26.7 Å². The van der Waals surface area contributed by atoms with Crippen LogP contribution < -0.4 is 0 Å². The molecule has 0 N–H and O–H groups in total. The Labute approximate surface area is 78.6 Å². The Morgan fingerprint density at radius 2 is 1.83 bits per heavy atom. The summed E-state index contributed by atoms with van der Waals surface area (Å²) in [5.41, 5.74) is 0. The van der Waals surface area contributed by atoms with E-state index in [1.165, 1.54) is 12.8 Å². The third kappa shape index (κ3) is 2.64. The number of hydrogen-bond donors (Lipinski definition) is 0. The van der Waals surface area contributed by atoms with E-state index >= 15 is 0 Å². The highest BCUT2D eigenvalue weighted by atomic mass is 32.2. The van der Waals surface area contributed by atoms with E-state index in [0.717, 1.165) is 24.9 Å². The van der Waals surface area contributed by atoms with Gasteiger partial charge in [0.2, 0.25) is 0 Å². The van der Waals surface area contributed by atoms with Crippen LogP contribution in [0, 0.1) is 11.8 Å². The third-order valence-corrected chi connectivity index (χ3v) is 3.90. The van der Waals surface area contributed by atoms with Crippen molar-refractivity contribution in [3.8, 4) is 0 Å². The van der Waals surface area contributed by atoms with Gasteiger partial charge in [-0.1, -0.05) is 13.8 Å². The van der Waals surface area contributed by atoms with E-state index in [1.54, 1.807) is 6.26 Å². The summed E-state index contributed by atoms with van der Waals surface area (Å²) in [5, 5.41) is 0. The zero-order chi connectivity index (χ0) is 9.14. The quantitative estimate of drug-likeness (QED) is 0.617. The van der Waals surface area contributed by atoms with Gasteiger partial charge in [0.05, 0.1) is 0 Å². The van der Waals surface area contributed by atoms with Gasteiger partial charge in [0.1, 0.15) is 6.26 Å². The Balaban J connectivity index is 2.30. The minimum Gasteiger partial charge on any atom is -0.598 e. The van der Waals surface area contributed by atoms with Gasteiger partial charge in [-0.15, -0.1) is 4.31 Å². The molecule has 2 nitrogen and oxygen atoms in total. The topological polar surface area (TPSA) is 26.3 Å². The molecule has 72 valence electrons. The van der Waals surface area contributed by atoms with Crippen molar-refractivity contribution < 1.29 is 4.55 Å². The van der Waals surface area contributed by atoms with Gasteiger partial charge in [-0.25, -0.2) is 0 Å². The van der Waals surface area contributed by atoms with Crippen LogP contribution >= 0.6 is 0 Å². The predicted octanol–water partition coefficient (Wildman–Crippen LogP) is 1.65. The van der Waals surface area contributed by atoms with Crippen LogP contribution in [0.2, 0.25) is 0 Å². The average Bonchev–Trinajstić information content (AvgIpc) is 2.04. The summed E-state index contributed by atoms with van der Waals surface area (Å²) in [5.74, 6) is 1.64. The largest absolute Gasteiger partial charge is 0.598 e. The van der Waals surface area contributed by atoms with Crippen LogP contribution in [-0.4, -0.2) is 28.2 Å². The Morgan fingerprint density at radius 1 is 1.33 bits per heavy atom. The number of hydrogen-bond acceptors (Lipinski definition) is 2. The second-order valence-electron chi connectivity index (χ2n) is 3.93. The lowest BCUT2D eigenvalue weighted by Crippen LogP contribution is -2.38. The standard InChI is InChI=1S/C9H19NOS/c1-8(2)9-4-6-10(7-5-9)12(3)11/h8-9H,4-7H2,1-3H3. The molecule has 0 amide bonds. The maximum Gasteiger partial charge on any atom is 0.115 e. The van der Waals surface area contributed by atoms with Gasteiger partial charge < -0.3 is 4.55 Å². The van der Waals surface area contributed by atoms with Crippen molar-refractivity contribution in [3.63, 3.8) is 0 Å². The first-order chi connectivity index (χ1) is 5.61. The molecule has 1 heterocycles. The summed E-state index contributed by atoms with van der Waals surface area (Å²) < 4.78 is 13.2. The minimum atomic E-state index is -0.747. The molecule has 1 atom stereocenters. The molecule has 1 fully saturated rings. The van der Waals surface area contributed by atoms with Crippen molar-refractivity contribution in [1.82, 2.24) is 4.31 Å². The first kappa shape index (κ1) is 10.4. The van der Waals surface area contributed by atoms with Gasteiger partial charge >= 0.3 is 0 Å². The van der Waals surface area contributed by atoms with E-state index in [2.05, 4.69) is 18.2 Å². The van der Waals surface area contributed by atoms with Crippen LogP contribution in [0.5, 0.6) is 0 Å². The molecule has 3 heteroatoms. The van der Waals surface area contributed by atoms with Gasteiger partial charge in [0.25, 0.3) is 0 Å². The number of piperidine rings is 1. The van der Waals surface area contributed by atoms with Gasteiger partial charge in [0, 0.05) is 24.5 Å². The summed E-state index contributed by atoms with van der Waals surface area (Å²) >= 11 is -0.747.